The first-order chi connectivity index (χ1) is 14.6. The standard InChI is InChI=1S/C22H21N3O4S/c23-11-13-30-19-5-2-1-4-18(19)24-20(26)15-29-22(28)17-9-7-16(8-10-17)14-25-12-3-6-21(25)27/h1-2,4-5,7-10H,3,6,12-15H2,(H,24,26). The predicted molar refractivity (Wildman–Crippen MR) is 113 cm³/mol. The summed E-state index contributed by atoms with van der Waals surface area (Å²) in [6.45, 7) is 0.871. The van der Waals surface area contributed by atoms with Gasteiger partial charge in [0.1, 0.15) is 0 Å². The molecule has 0 saturated carbocycles. The van der Waals surface area contributed by atoms with Gasteiger partial charge in [0, 0.05) is 24.4 Å². The van der Waals surface area contributed by atoms with Crippen LogP contribution in [-0.4, -0.2) is 41.6 Å². The Labute approximate surface area is 179 Å². The van der Waals surface area contributed by atoms with Crippen molar-refractivity contribution in [3.8, 4) is 6.07 Å². The SMILES string of the molecule is N#CCSc1ccccc1NC(=O)COC(=O)c1ccc(CN2CCCC2=O)cc1. The number of ether oxygens (including phenoxy) is 1. The number of nitriles is 1. The molecule has 1 aliphatic rings. The second-order valence-corrected chi connectivity index (χ2v) is 7.70. The first-order valence-electron chi connectivity index (χ1n) is 9.49. The topological polar surface area (TPSA) is 99.5 Å². The summed E-state index contributed by atoms with van der Waals surface area (Å²) in [5.41, 5.74) is 1.84. The Hall–Kier alpha value is -3.31. The molecule has 1 aliphatic heterocycles. The van der Waals surface area contributed by atoms with Gasteiger partial charge in [-0.05, 0) is 36.2 Å². The summed E-state index contributed by atoms with van der Waals surface area (Å²) >= 11 is 1.31. The van der Waals surface area contributed by atoms with Gasteiger partial charge in [-0.25, -0.2) is 4.79 Å². The van der Waals surface area contributed by atoms with Gasteiger partial charge in [0.2, 0.25) is 5.91 Å². The lowest BCUT2D eigenvalue weighted by molar-refractivity contribution is -0.128. The molecule has 0 bridgehead atoms. The number of esters is 1. The van der Waals surface area contributed by atoms with Gasteiger partial charge in [0.25, 0.3) is 5.91 Å². The van der Waals surface area contributed by atoms with Crippen LogP contribution in [0.25, 0.3) is 0 Å². The van der Waals surface area contributed by atoms with E-state index in [0.29, 0.717) is 24.2 Å². The number of benzene rings is 2. The number of amides is 2. The zero-order valence-corrected chi connectivity index (χ0v) is 17.1. The third-order valence-corrected chi connectivity index (χ3v) is 5.46. The van der Waals surface area contributed by atoms with Crippen molar-refractivity contribution in [3.63, 3.8) is 0 Å². The first-order valence-corrected chi connectivity index (χ1v) is 10.5. The van der Waals surface area contributed by atoms with E-state index in [1.807, 2.05) is 12.1 Å². The molecular formula is C22H21N3O4S. The molecule has 2 aromatic rings. The summed E-state index contributed by atoms with van der Waals surface area (Å²) in [6.07, 6.45) is 1.47. The maximum absolute atomic E-state index is 12.2. The van der Waals surface area contributed by atoms with Gasteiger partial charge in [-0.15, -0.1) is 11.8 Å². The van der Waals surface area contributed by atoms with Crippen molar-refractivity contribution in [2.24, 2.45) is 0 Å². The Balaban J connectivity index is 1.50. The van der Waals surface area contributed by atoms with E-state index >= 15 is 0 Å². The van der Waals surface area contributed by atoms with Gasteiger partial charge in [0.15, 0.2) is 6.61 Å². The lowest BCUT2D eigenvalue weighted by Gasteiger charge is -2.15. The maximum atomic E-state index is 12.2. The van der Waals surface area contributed by atoms with E-state index in [9.17, 15) is 14.4 Å². The molecule has 0 aromatic heterocycles. The molecule has 8 heteroatoms. The number of rotatable bonds is 8. The van der Waals surface area contributed by atoms with Crippen LogP contribution in [0.3, 0.4) is 0 Å². The van der Waals surface area contributed by atoms with Gasteiger partial charge in [0.05, 0.1) is 23.1 Å². The maximum Gasteiger partial charge on any atom is 0.338 e. The summed E-state index contributed by atoms with van der Waals surface area (Å²) in [5, 5.41) is 11.4. The Morgan fingerprint density at radius 3 is 2.63 bits per heavy atom. The molecule has 2 amide bonds. The number of para-hydroxylation sites is 1. The molecule has 0 atom stereocenters. The summed E-state index contributed by atoms with van der Waals surface area (Å²) in [6, 6.07) is 16.0. The smallest absolute Gasteiger partial charge is 0.338 e. The predicted octanol–water partition coefficient (Wildman–Crippen LogP) is 3.22. The van der Waals surface area contributed by atoms with Gasteiger partial charge in [-0.3, -0.25) is 9.59 Å². The summed E-state index contributed by atoms with van der Waals surface area (Å²) in [5.74, 6) is -0.639. The summed E-state index contributed by atoms with van der Waals surface area (Å²) in [7, 11) is 0. The van der Waals surface area contributed by atoms with Crippen LogP contribution in [0.5, 0.6) is 0 Å². The van der Waals surface area contributed by atoms with Crippen LogP contribution in [0.4, 0.5) is 5.69 Å². The average Bonchev–Trinajstić information content (AvgIpc) is 3.16. The van der Waals surface area contributed by atoms with E-state index in [4.69, 9.17) is 10.00 Å². The van der Waals surface area contributed by atoms with E-state index in [1.54, 1.807) is 47.4 Å². The third kappa shape index (κ3) is 5.84. The fourth-order valence-electron chi connectivity index (χ4n) is 3.04. The summed E-state index contributed by atoms with van der Waals surface area (Å²) in [4.78, 5) is 38.6. The number of carbonyl (C=O) groups is 3. The number of carbonyl (C=O) groups excluding carboxylic acids is 3. The Morgan fingerprint density at radius 2 is 1.93 bits per heavy atom. The van der Waals surface area contributed by atoms with Crippen LogP contribution in [0.2, 0.25) is 0 Å². The molecule has 0 unspecified atom stereocenters. The molecule has 0 aliphatic carbocycles. The van der Waals surface area contributed by atoms with Crippen LogP contribution in [0.1, 0.15) is 28.8 Å². The highest BCUT2D eigenvalue weighted by atomic mass is 32.2. The highest BCUT2D eigenvalue weighted by Gasteiger charge is 2.20. The number of likely N-dealkylation sites (tertiary alicyclic amines) is 1. The molecule has 1 N–H and O–H groups in total. The Morgan fingerprint density at radius 1 is 1.17 bits per heavy atom. The fraction of sp³-hybridized carbons (Fsp3) is 0.273. The number of thioether (sulfide) groups is 1. The van der Waals surface area contributed by atoms with E-state index in [2.05, 4.69) is 5.32 Å². The molecule has 1 heterocycles. The fourth-order valence-corrected chi connectivity index (χ4v) is 3.71. The van der Waals surface area contributed by atoms with Crippen LogP contribution < -0.4 is 5.32 Å². The van der Waals surface area contributed by atoms with Crippen molar-refractivity contribution < 1.29 is 19.1 Å². The summed E-state index contributed by atoms with van der Waals surface area (Å²) < 4.78 is 5.10. The van der Waals surface area contributed by atoms with E-state index < -0.39 is 18.5 Å². The van der Waals surface area contributed by atoms with Crippen molar-refractivity contribution in [2.45, 2.75) is 24.3 Å². The lowest BCUT2D eigenvalue weighted by Crippen LogP contribution is -2.23. The number of hydrogen-bond acceptors (Lipinski definition) is 6. The molecule has 0 spiro atoms. The highest BCUT2D eigenvalue weighted by Crippen LogP contribution is 2.26. The molecule has 30 heavy (non-hydrogen) atoms. The minimum Gasteiger partial charge on any atom is -0.452 e. The van der Waals surface area contributed by atoms with Crippen molar-refractivity contribution in [1.82, 2.24) is 4.90 Å². The minimum absolute atomic E-state index is 0.150. The van der Waals surface area contributed by atoms with Gasteiger partial charge < -0.3 is 15.0 Å². The number of anilines is 1. The molecule has 0 radical (unpaired) electrons. The van der Waals surface area contributed by atoms with E-state index in [1.165, 1.54) is 11.8 Å². The van der Waals surface area contributed by atoms with Gasteiger partial charge in [-0.1, -0.05) is 24.3 Å². The normalized spacial score (nSPS) is 13.0. The molecule has 2 aromatic carbocycles. The second-order valence-electron chi connectivity index (χ2n) is 6.68. The molecule has 7 nitrogen and oxygen atoms in total. The minimum atomic E-state index is -0.596. The van der Waals surface area contributed by atoms with E-state index in [-0.39, 0.29) is 11.7 Å². The Kier molecular flexibility index (Phi) is 7.46. The second kappa shape index (κ2) is 10.5. The molecule has 1 fully saturated rings. The number of nitrogens with one attached hydrogen (secondary N) is 1. The quantitative estimate of drug-likeness (QED) is 0.517. The van der Waals surface area contributed by atoms with Crippen LogP contribution in [0, 0.1) is 11.3 Å². The largest absolute Gasteiger partial charge is 0.452 e. The van der Waals surface area contributed by atoms with E-state index in [0.717, 1.165) is 23.4 Å². The zero-order valence-electron chi connectivity index (χ0n) is 16.3. The van der Waals surface area contributed by atoms with Gasteiger partial charge >= 0.3 is 5.97 Å². The monoisotopic (exact) mass is 423 g/mol. The average molecular weight is 423 g/mol. The highest BCUT2D eigenvalue weighted by molar-refractivity contribution is 7.99. The van der Waals surface area contributed by atoms with Crippen LogP contribution >= 0.6 is 11.8 Å². The Bertz CT molecular complexity index is 969. The van der Waals surface area contributed by atoms with Crippen LogP contribution in [0.15, 0.2) is 53.4 Å². The first kappa shape index (κ1) is 21.4. The lowest BCUT2D eigenvalue weighted by atomic mass is 10.1. The molecule has 154 valence electrons. The molecule has 1 saturated heterocycles. The number of hydrogen-bond donors (Lipinski definition) is 1. The zero-order chi connectivity index (χ0) is 21.3. The van der Waals surface area contributed by atoms with Gasteiger partial charge in [-0.2, -0.15) is 5.26 Å². The third-order valence-electron chi connectivity index (χ3n) is 4.52. The molecule has 3 rings (SSSR count). The number of nitrogens with zero attached hydrogens (tertiary/aromatic N) is 2. The van der Waals surface area contributed by atoms with Crippen molar-refractivity contribution in [1.29, 1.82) is 5.26 Å². The van der Waals surface area contributed by atoms with Crippen molar-refractivity contribution in [2.75, 3.05) is 24.2 Å². The molecular weight excluding hydrogens is 402 g/mol. The van der Waals surface area contributed by atoms with Crippen molar-refractivity contribution >= 4 is 35.2 Å². The van der Waals surface area contributed by atoms with Crippen LogP contribution in [-0.2, 0) is 20.9 Å². The van der Waals surface area contributed by atoms with Crippen molar-refractivity contribution in [3.05, 3.63) is 59.7 Å².